The lowest BCUT2D eigenvalue weighted by Crippen LogP contribution is -1.92. The zero-order valence-electron chi connectivity index (χ0n) is 6.91. The molecule has 2 nitrogen and oxygen atoms in total. The topological polar surface area (TPSA) is 38.9 Å². The van der Waals surface area contributed by atoms with Crippen LogP contribution in [-0.2, 0) is 0 Å². The molecule has 0 aliphatic rings. The summed E-state index contributed by atoms with van der Waals surface area (Å²) in [6.07, 6.45) is 0. The molecule has 1 aromatic carbocycles. The number of nitrogens with two attached hydrogens (primary N) is 1. The van der Waals surface area contributed by atoms with Crippen LogP contribution in [0, 0.1) is 6.92 Å². The fraction of sp³-hybridized carbons (Fsp3) is 0.100. The number of hydrogen-bond donors (Lipinski definition) is 1. The van der Waals surface area contributed by atoms with Crippen molar-refractivity contribution in [2.45, 2.75) is 6.92 Å². The van der Waals surface area contributed by atoms with Crippen LogP contribution in [0.3, 0.4) is 0 Å². The van der Waals surface area contributed by atoms with Crippen molar-refractivity contribution in [1.82, 2.24) is 4.98 Å². The first kappa shape index (κ1) is 7.10. The highest BCUT2D eigenvalue weighted by atomic mass is 14.7. The van der Waals surface area contributed by atoms with E-state index >= 15 is 0 Å². The average Bonchev–Trinajstić information content (AvgIpc) is 2.07. The van der Waals surface area contributed by atoms with Gasteiger partial charge in [-0.2, -0.15) is 0 Å². The molecule has 0 unspecified atom stereocenters. The Morgan fingerprint density at radius 2 is 2.00 bits per heavy atom. The Hall–Kier alpha value is -1.57. The van der Waals surface area contributed by atoms with E-state index in [0.29, 0.717) is 0 Å². The number of aryl methyl sites for hydroxylation is 1. The normalized spacial score (nSPS) is 10.4. The van der Waals surface area contributed by atoms with Gasteiger partial charge in [0.15, 0.2) is 0 Å². The Morgan fingerprint density at radius 1 is 1.25 bits per heavy atom. The lowest BCUT2D eigenvalue weighted by atomic mass is 10.2. The van der Waals surface area contributed by atoms with Gasteiger partial charge in [0.25, 0.3) is 0 Å². The van der Waals surface area contributed by atoms with Crippen molar-refractivity contribution in [1.29, 1.82) is 0 Å². The van der Waals surface area contributed by atoms with Crippen LogP contribution >= 0.6 is 0 Å². The third-order valence-corrected chi connectivity index (χ3v) is 1.95. The maximum Gasteiger partial charge on any atom is 0.0706 e. The van der Waals surface area contributed by atoms with E-state index in [1.54, 1.807) is 0 Å². The molecule has 2 rings (SSSR count). The van der Waals surface area contributed by atoms with Crippen molar-refractivity contribution in [2.75, 3.05) is 5.73 Å². The van der Waals surface area contributed by atoms with Gasteiger partial charge in [-0.15, -0.1) is 0 Å². The maximum atomic E-state index is 5.72. The molecule has 12 heavy (non-hydrogen) atoms. The zero-order chi connectivity index (χ0) is 8.55. The molecule has 0 aliphatic carbocycles. The van der Waals surface area contributed by atoms with Gasteiger partial charge in [0.1, 0.15) is 0 Å². The minimum absolute atomic E-state index is 0.758. The number of hydrogen-bond acceptors (Lipinski definition) is 2. The van der Waals surface area contributed by atoms with Crippen molar-refractivity contribution in [2.24, 2.45) is 0 Å². The minimum Gasteiger partial charge on any atom is -0.397 e. The summed E-state index contributed by atoms with van der Waals surface area (Å²) in [6, 6.07) is 9.92. The monoisotopic (exact) mass is 158 g/mol. The third-order valence-electron chi connectivity index (χ3n) is 1.95. The molecule has 0 saturated heterocycles. The highest BCUT2D eigenvalue weighted by molar-refractivity contribution is 5.81. The summed E-state index contributed by atoms with van der Waals surface area (Å²) in [5.74, 6) is 0. The van der Waals surface area contributed by atoms with Crippen molar-refractivity contribution in [3.05, 3.63) is 36.0 Å². The first-order chi connectivity index (χ1) is 5.77. The number of rotatable bonds is 0. The first-order valence-electron chi connectivity index (χ1n) is 3.89. The molecular formula is C10H10N2. The van der Waals surface area contributed by atoms with Crippen molar-refractivity contribution in [3.8, 4) is 0 Å². The molecule has 2 N–H and O–H groups in total. The second-order valence-corrected chi connectivity index (χ2v) is 2.86. The summed E-state index contributed by atoms with van der Waals surface area (Å²) in [4.78, 5) is 4.35. The molecule has 0 radical (unpaired) electrons. The van der Waals surface area contributed by atoms with Gasteiger partial charge in [0.05, 0.1) is 16.9 Å². The number of nitrogen functional groups attached to an aromatic ring is 1. The molecule has 1 heterocycles. The van der Waals surface area contributed by atoms with Crippen molar-refractivity contribution >= 4 is 16.6 Å². The van der Waals surface area contributed by atoms with Crippen LogP contribution in [-0.4, -0.2) is 4.98 Å². The smallest absolute Gasteiger partial charge is 0.0706 e. The lowest BCUT2D eigenvalue weighted by Gasteiger charge is -2.01. The average molecular weight is 158 g/mol. The second kappa shape index (κ2) is 2.48. The maximum absolute atomic E-state index is 5.72. The predicted molar refractivity (Wildman–Crippen MR) is 50.9 cm³/mol. The van der Waals surface area contributed by atoms with Gasteiger partial charge < -0.3 is 5.73 Å². The number of fused-ring (bicyclic) bond motifs is 1. The summed E-state index contributed by atoms with van der Waals surface area (Å²) in [6.45, 7) is 1.92. The van der Waals surface area contributed by atoms with Crippen LogP contribution in [0.2, 0.25) is 0 Å². The van der Waals surface area contributed by atoms with Gasteiger partial charge in [0, 0.05) is 5.39 Å². The number of aromatic nitrogens is 1. The summed E-state index contributed by atoms with van der Waals surface area (Å²) in [5.41, 5.74) is 8.38. The van der Waals surface area contributed by atoms with Crippen LogP contribution in [0.25, 0.3) is 10.9 Å². The van der Waals surface area contributed by atoms with E-state index in [0.717, 1.165) is 22.3 Å². The number of pyridine rings is 1. The second-order valence-electron chi connectivity index (χ2n) is 2.86. The highest BCUT2D eigenvalue weighted by Crippen LogP contribution is 2.16. The highest BCUT2D eigenvalue weighted by Gasteiger charge is 1.97. The van der Waals surface area contributed by atoms with E-state index < -0.39 is 0 Å². The van der Waals surface area contributed by atoms with Gasteiger partial charge in [-0.25, -0.2) is 0 Å². The van der Waals surface area contributed by atoms with Crippen LogP contribution in [0.15, 0.2) is 30.3 Å². The molecule has 2 heteroatoms. The summed E-state index contributed by atoms with van der Waals surface area (Å²) < 4.78 is 0. The Bertz CT molecular complexity index is 381. The van der Waals surface area contributed by atoms with Crippen LogP contribution in [0.5, 0.6) is 0 Å². The van der Waals surface area contributed by atoms with E-state index in [1.807, 2.05) is 37.3 Å². The number of para-hydroxylation sites is 1. The summed E-state index contributed by atoms with van der Waals surface area (Å²) in [5, 5.41) is 1.10. The predicted octanol–water partition coefficient (Wildman–Crippen LogP) is 2.13. The third kappa shape index (κ3) is 1.01. The first-order valence-corrected chi connectivity index (χ1v) is 3.89. The van der Waals surface area contributed by atoms with Crippen molar-refractivity contribution < 1.29 is 0 Å². The lowest BCUT2D eigenvalue weighted by molar-refractivity contribution is 1.26. The van der Waals surface area contributed by atoms with E-state index in [1.165, 1.54) is 0 Å². The van der Waals surface area contributed by atoms with Gasteiger partial charge in [-0.3, -0.25) is 4.98 Å². The fourth-order valence-corrected chi connectivity index (χ4v) is 1.23. The van der Waals surface area contributed by atoms with Crippen LogP contribution in [0.1, 0.15) is 5.69 Å². The molecule has 2 aromatic rings. The van der Waals surface area contributed by atoms with Gasteiger partial charge in [0.2, 0.25) is 0 Å². The van der Waals surface area contributed by atoms with Crippen molar-refractivity contribution in [3.63, 3.8) is 0 Å². The number of benzene rings is 1. The Labute approximate surface area is 71.0 Å². The fourth-order valence-electron chi connectivity index (χ4n) is 1.23. The SMILES string of the molecule is Cc1nc2ccccc2cc1N. The molecule has 0 atom stereocenters. The number of nitrogens with zero attached hydrogens (tertiary/aromatic N) is 1. The molecule has 0 bridgehead atoms. The zero-order valence-corrected chi connectivity index (χ0v) is 6.91. The summed E-state index contributed by atoms with van der Waals surface area (Å²) in [7, 11) is 0. The van der Waals surface area contributed by atoms with Crippen LogP contribution in [0.4, 0.5) is 5.69 Å². The quantitative estimate of drug-likeness (QED) is 0.637. The van der Waals surface area contributed by atoms with Crippen LogP contribution < -0.4 is 5.73 Å². The minimum atomic E-state index is 0.758. The summed E-state index contributed by atoms with van der Waals surface area (Å²) >= 11 is 0. The largest absolute Gasteiger partial charge is 0.397 e. The Balaban J connectivity index is 2.84. The Morgan fingerprint density at radius 3 is 2.83 bits per heavy atom. The van der Waals surface area contributed by atoms with Gasteiger partial charge in [-0.1, -0.05) is 18.2 Å². The van der Waals surface area contributed by atoms with Gasteiger partial charge >= 0.3 is 0 Å². The van der Waals surface area contributed by atoms with E-state index in [-0.39, 0.29) is 0 Å². The van der Waals surface area contributed by atoms with Gasteiger partial charge in [-0.05, 0) is 19.1 Å². The van der Waals surface area contributed by atoms with E-state index in [2.05, 4.69) is 4.98 Å². The molecule has 0 spiro atoms. The van der Waals surface area contributed by atoms with E-state index in [9.17, 15) is 0 Å². The molecule has 0 amide bonds. The molecule has 0 aliphatic heterocycles. The molecule has 0 saturated carbocycles. The number of anilines is 1. The molecule has 60 valence electrons. The molecular weight excluding hydrogens is 148 g/mol. The Kier molecular flexibility index (Phi) is 1.47. The molecule has 1 aromatic heterocycles. The standard InChI is InChI=1S/C10H10N2/c1-7-9(11)6-8-4-2-3-5-10(8)12-7/h2-6H,11H2,1H3. The molecule has 0 fully saturated rings. The van der Waals surface area contributed by atoms with E-state index in [4.69, 9.17) is 5.73 Å².